The van der Waals surface area contributed by atoms with Crippen LogP contribution in [0.15, 0.2) is 47.6 Å². The second-order valence-electron chi connectivity index (χ2n) is 6.16. The Labute approximate surface area is 160 Å². The minimum Gasteiger partial charge on any atom is -0.326 e. The minimum atomic E-state index is -3.78. The van der Waals surface area contributed by atoms with Gasteiger partial charge in [-0.1, -0.05) is 13.3 Å². The maximum absolute atomic E-state index is 12.3. The van der Waals surface area contributed by atoms with Crippen molar-refractivity contribution in [1.29, 1.82) is 0 Å². The molecule has 0 fully saturated rings. The monoisotopic (exact) mass is 391 g/mol. The summed E-state index contributed by atoms with van der Waals surface area (Å²) in [5, 5.41) is 2.78. The number of nitrogens with zero attached hydrogens (tertiary/aromatic N) is 3. The van der Waals surface area contributed by atoms with Gasteiger partial charge in [-0.25, -0.2) is 23.1 Å². The van der Waals surface area contributed by atoms with Crippen LogP contribution in [0.1, 0.15) is 26.2 Å². The zero-order chi connectivity index (χ0) is 19.7. The van der Waals surface area contributed by atoms with Gasteiger partial charge in [0.25, 0.3) is 10.0 Å². The number of aromatic nitrogens is 2. The van der Waals surface area contributed by atoms with Gasteiger partial charge in [-0.3, -0.25) is 4.79 Å². The van der Waals surface area contributed by atoms with Gasteiger partial charge in [0.05, 0.1) is 4.90 Å². The average Bonchev–Trinajstić information content (AvgIpc) is 2.65. The van der Waals surface area contributed by atoms with E-state index in [1.807, 2.05) is 7.05 Å². The zero-order valence-corrected chi connectivity index (χ0v) is 16.4. The lowest BCUT2D eigenvalue weighted by molar-refractivity contribution is -0.116. The van der Waals surface area contributed by atoms with Gasteiger partial charge in [-0.15, -0.1) is 0 Å². The number of rotatable bonds is 10. The van der Waals surface area contributed by atoms with Crippen molar-refractivity contribution in [1.82, 2.24) is 14.9 Å². The lowest BCUT2D eigenvalue weighted by Gasteiger charge is -2.15. The van der Waals surface area contributed by atoms with Crippen molar-refractivity contribution in [2.24, 2.45) is 0 Å². The van der Waals surface area contributed by atoms with E-state index in [1.165, 1.54) is 24.5 Å². The number of hydrogen-bond donors (Lipinski definition) is 2. The molecule has 0 radical (unpaired) electrons. The molecule has 0 spiro atoms. The van der Waals surface area contributed by atoms with Crippen LogP contribution in [0.3, 0.4) is 0 Å². The molecule has 2 aromatic rings. The molecule has 0 saturated heterocycles. The molecule has 1 aromatic carbocycles. The Morgan fingerprint density at radius 2 is 1.78 bits per heavy atom. The van der Waals surface area contributed by atoms with Gasteiger partial charge in [0, 0.05) is 31.0 Å². The Kier molecular flexibility index (Phi) is 7.68. The number of sulfonamides is 1. The van der Waals surface area contributed by atoms with Crippen LogP contribution in [-0.2, 0) is 14.8 Å². The van der Waals surface area contributed by atoms with Crippen LogP contribution < -0.4 is 10.0 Å². The van der Waals surface area contributed by atoms with Gasteiger partial charge in [0.15, 0.2) is 0 Å². The molecule has 2 N–H and O–H groups in total. The second kappa shape index (κ2) is 9.98. The van der Waals surface area contributed by atoms with E-state index in [9.17, 15) is 13.2 Å². The molecular weight excluding hydrogens is 366 g/mol. The average molecular weight is 391 g/mol. The van der Waals surface area contributed by atoms with Crippen LogP contribution >= 0.6 is 0 Å². The second-order valence-corrected chi connectivity index (χ2v) is 7.84. The molecule has 27 heavy (non-hydrogen) atoms. The summed E-state index contributed by atoms with van der Waals surface area (Å²) < 4.78 is 26.9. The van der Waals surface area contributed by atoms with Crippen LogP contribution in [0.2, 0.25) is 0 Å². The Morgan fingerprint density at radius 1 is 1.11 bits per heavy atom. The fourth-order valence-electron chi connectivity index (χ4n) is 2.30. The summed E-state index contributed by atoms with van der Waals surface area (Å²) in [4.78, 5) is 21.9. The Hall–Kier alpha value is -2.52. The molecule has 9 heteroatoms. The Morgan fingerprint density at radius 3 is 2.41 bits per heavy atom. The molecule has 0 bridgehead atoms. The van der Waals surface area contributed by atoms with Crippen LogP contribution in [0.5, 0.6) is 0 Å². The van der Waals surface area contributed by atoms with Crippen molar-refractivity contribution in [3.05, 3.63) is 42.7 Å². The highest BCUT2D eigenvalue weighted by atomic mass is 32.2. The smallest absolute Gasteiger partial charge is 0.264 e. The topological polar surface area (TPSA) is 104 Å². The normalized spacial score (nSPS) is 11.4. The van der Waals surface area contributed by atoms with Gasteiger partial charge in [0.2, 0.25) is 11.9 Å². The number of carbonyl (C=O) groups is 1. The van der Waals surface area contributed by atoms with Crippen LogP contribution in [0.25, 0.3) is 0 Å². The standard InChI is InChI=1S/C18H25N5O3S/c1-3-4-13-23(2)14-10-17(24)21-15-6-8-16(9-7-15)27(25,26)22-18-19-11-5-12-20-18/h5-9,11-12H,3-4,10,13-14H2,1-2H3,(H,21,24)(H,19,20,22). The van der Waals surface area contributed by atoms with E-state index >= 15 is 0 Å². The van der Waals surface area contributed by atoms with Crippen molar-refractivity contribution < 1.29 is 13.2 Å². The predicted molar refractivity (Wildman–Crippen MR) is 105 cm³/mol. The summed E-state index contributed by atoms with van der Waals surface area (Å²) in [5.41, 5.74) is 0.547. The molecule has 0 atom stereocenters. The quantitative estimate of drug-likeness (QED) is 0.644. The SMILES string of the molecule is CCCCN(C)CCC(=O)Nc1ccc(S(=O)(=O)Nc2ncccn2)cc1. The number of amides is 1. The highest BCUT2D eigenvalue weighted by Crippen LogP contribution is 2.16. The molecule has 1 aromatic heterocycles. The van der Waals surface area contributed by atoms with Gasteiger partial charge in [-0.05, 0) is 50.3 Å². The maximum atomic E-state index is 12.3. The summed E-state index contributed by atoms with van der Waals surface area (Å²) in [5.74, 6) is -0.105. The molecule has 1 amide bonds. The van der Waals surface area contributed by atoms with Crippen LogP contribution in [-0.4, -0.2) is 49.3 Å². The lowest BCUT2D eigenvalue weighted by atomic mass is 10.3. The first-order valence-corrected chi connectivity index (χ1v) is 10.3. The van der Waals surface area contributed by atoms with Crippen molar-refractivity contribution in [2.45, 2.75) is 31.1 Å². The van der Waals surface area contributed by atoms with Gasteiger partial charge in [0.1, 0.15) is 0 Å². The fourth-order valence-corrected chi connectivity index (χ4v) is 3.26. The Balaban J connectivity index is 1.90. The third kappa shape index (κ3) is 6.95. The van der Waals surface area contributed by atoms with E-state index in [-0.39, 0.29) is 16.8 Å². The molecule has 0 aliphatic carbocycles. The zero-order valence-electron chi connectivity index (χ0n) is 15.6. The third-order valence-electron chi connectivity index (χ3n) is 3.85. The first-order valence-electron chi connectivity index (χ1n) is 8.79. The molecule has 0 aliphatic rings. The maximum Gasteiger partial charge on any atom is 0.264 e. The molecule has 146 valence electrons. The number of nitrogens with one attached hydrogen (secondary N) is 2. The van der Waals surface area contributed by atoms with Crippen molar-refractivity contribution in [3.63, 3.8) is 0 Å². The summed E-state index contributed by atoms with van der Waals surface area (Å²) in [6.07, 6.45) is 5.51. The van der Waals surface area contributed by atoms with Crippen LogP contribution in [0, 0.1) is 0 Å². The molecule has 0 unspecified atom stereocenters. The molecule has 8 nitrogen and oxygen atoms in total. The van der Waals surface area contributed by atoms with E-state index in [0.717, 1.165) is 19.4 Å². The van der Waals surface area contributed by atoms with Gasteiger partial charge in [-0.2, -0.15) is 0 Å². The molecule has 0 saturated carbocycles. The molecule has 2 rings (SSSR count). The fraction of sp³-hybridized carbons (Fsp3) is 0.389. The van der Waals surface area contributed by atoms with Crippen molar-refractivity contribution in [3.8, 4) is 0 Å². The van der Waals surface area contributed by atoms with E-state index in [1.54, 1.807) is 18.2 Å². The number of unbranched alkanes of at least 4 members (excludes halogenated alkanes) is 1. The summed E-state index contributed by atoms with van der Waals surface area (Å²) in [6.45, 7) is 3.78. The van der Waals surface area contributed by atoms with Crippen molar-refractivity contribution >= 4 is 27.6 Å². The molecule has 1 heterocycles. The van der Waals surface area contributed by atoms with Crippen LogP contribution in [0.4, 0.5) is 11.6 Å². The summed E-state index contributed by atoms with van der Waals surface area (Å²) in [7, 11) is -1.79. The largest absolute Gasteiger partial charge is 0.326 e. The van der Waals surface area contributed by atoms with Gasteiger partial charge >= 0.3 is 0 Å². The minimum absolute atomic E-state index is 0.00192. The molecular formula is C18H25N5O3S. The van der Waals surface area contributed by atoms with E-state index in [4.69, 9.17) is 0 Å². The number of benzene rings is 1. The predicted octanol–water partition coefficient (Wildman–Crippen LogP) is 2.34. The highest BCUT2D eigenvalue weighted by Gasteiger charge is 2.15. The third-order valence-corrected chi connectivity index (χ3v) is 5.20. The highest BCUT2D eigenvalue weighted by molar-refractivity contribution is 7.92. The van der Waals surface area contributed by atoms with Crippen molar-refractivity contribution in [2.75, 3.05) is 30.2 Å². The van der Waals surface area contributed by atoms with E-state index < -0.39 is 10.0 Å². The number of hydrogen-bond acceptors (Lipinski definition) is 6. The first kappa shape index (κ1) is 20.8. The molecule has 0 aliphatic heterocycles. The summed E-state index contributed by atoms with van der Waals surface area (Å²) in [6, 6.07) is 7.55. The van der Waals surface area contributed by atoms with E-state index in [0.29, 0.717) is 18.7 Å². The first-order chi connectivity index (χ1) is 12.9. The number of anilines is 2. The Bertz CT molecular complexity index is 826. The van der Waals surface area contributed by atoms with E-state index in [2.05, 4.69) is 31.8 Å². The lowest BCUT2D eigenvalue weighted by Crippen LogP contribution is -2.25. The summed E-state index contributed by atoms with van der Waals surface area (Å²) >= 11 is 0. The van der Waals surface area contributed by atoms with Gasteiger partial charge < -0.3 is 10.2 Å². The number of carbonyl (C=O) groups excluding carboxylic acids is 1.